The molecule has 0 bridgehead atoms. The molecule has 6 unspecified atom stereocenters. The van der Waals surface area contributed by atoms with E-state index in [0.717, 1.165) is 23.7 Å². The Labute approximate surface area is 107 Å². The van der Waals surface area contributed by atoms with Crippen molar-refractivity contribution in [3.8, 4) is 0 Å². The molecule has 100 valence electrons. The number of hydrogen-bond donors (Lipinski definition) is 1. The van der Waals surface area contributed by atoms with Crippen molar-refractivity contribution in [1.82, 2.24) is 4.90 Å². The molecule has 0 amide bonds. The van der Waals surface area contributed by atoms with Gasteiger partial charge in [-0.25, -0.2) is 0 Å². The summed E-state index contributed by atoms with van der Waals surface area (Å²) in [7, 11) is 0. The van der Waals surface area contributed by atoms with Crippen LogP contribution < -0.4 is 5.73 Å². The van der Waals surface area contributed by atoms with Gasteiger partial charge in [-0.05, 0) is 42.9 Å². The second-order valence-corrected chi connectivity index (χ2v) is 7.11. The smallest absolute Gasteiger partial charge is 0.0273 e. The van der Waals surface area contributed by atoms with Gasteiger partial charge < -0.3 is 5.73 Å². The van der Waals surface area contributed by atoms with Crippen molar-refractivity contribution in [3.63, 3.8) is 0 Å². The number of nitrogens with two attached hydrogens (primary N) is 1. The predicted octanol–water partition coefficient (Wildman–Crippen LogP) is 2.73. The maximum Gasteiger partial charge on any atom is 0.0273 e. The average molecular weight is 238 g/mol. The number of piperidine rings is 1. The average Bonchev–Trinajstić information content (AvgIpc) is 2.13. The Balaban J connectivity index is 2.04. The number of likely N-dealkylation sites (tertiary alicyclic amines) is 1. The van der Waals surface area contributed by atoms with Gasteiger partial charge in [-0.1, -0.05) is 27.7 Å². The summed E-state index contributed by atoms with van der Waals surface area (Å²) in [5, 5.41) is 0. The monoisotopic (exact) mass is 238 g/mol. The molecule has 1 aliphatic carbocycles. The summed E-state index contributed by atoms with van der Waals surface area (Å²) in [5.41, 5.74) is 6.44. The van der Waals surface area contributed by atoms with Crippen LogP contribution in [0.15, 0.2) is 0 Å². The standard InChI is InChI=1S/C15H30N2/c1-10-6-13(4)15(14(16)7-10)17-8-11(2)5-12(3)9-17/h10-15H,5-9,16H2,1-4H3. The lowest BCUT2D eigenvalue weighted by molar-refractivity contribution is 0.0269. The van der Waals surface area contributed by atoms with Crippen LogP contribution in [0.25, 0.3) is 0 Å². The molecule has 0 aromatic heterocycles. The molecule has 0 aromatic carbocycles. The Bertz CT molecular complexity index is 231. The molecule has 2 fully saturated rings. The summed E-state index contributed by atoms with van der Waals surface area (Å²) in [6.45, 7) is 12.1. The van der Waals surface area contributed by atoms with Crippen molar-refractivity contribution in [1.29, 1.82) is 0 Å². The van der Waals surface area contributed by atoms with Crippen molar-refractivity contribution in [2.24, 2.45) is 29.4 Å². The minimum absolute atomic E-state index is 0.395. The molecule has 1 heterocycles. The molecule has 1 aliphatic heterocycles. The highest BCUT2D eigenvalue weighted by Crippen LogP contribution is 2.34. The van der Waals surface area contributed by atoms with Crippen LogP contribution in [0.1, 0.15) is 47.0 Å². The Hall–Kier alpha value is -0.0800. The second kappa shape index (κ2) is 5.27. The molecule has 0 spiro atoms. The Kier molecular flexibility index (Phi) is 4.14. The summed E-state index contributed by atoms with van der Waals surface area (Å²) >= 11 is 0. The normalized spacial score (nSPS) is 49.2. The van der Waals surface area contributed by atoms with Crippen molar-refractivity contribution < 1.29 is 0 Å². The van der Waals surface area contributed by atoms with Gasteiger partial charge in [0.15, 0.2) is 0 Å². The second-order valence-electron chi connectivity index (χ2n) is 7.11. The molecule has 0 radical (unpaired) electrons. The fraction of sp³-hybridized carbons (Fsp3) is 1.00. The molecule has 17 heavy (non-hydrogen) atoms. The van der Waals surface area contributed by atoms with Gasteiger partial charge >= 0.3 is 0 Å². The zero-order valence-corrected chi connectivity index (χ0v) is 12.0. The molecule has 0 aromatic rings. The van der Waals surface area contributed by atoms with Crippen molar-refractivity contribution in [2.75, 3.05) is 13.1 Å². The molecule has 1 saturated heterocycles. The van der Waals surface area contributed by atoms with E-state index in [1.807, 2.05) is 0 Å². The van der Waals surface area contributed by atoms with Gasteiger partial charge in [0.2, 0.25) is 0 Å². The van der Waals surface area contributed by atoms with Crippen LogP contribution in [0.5, 0.6) is 0 Å². The largest absolute Gasteiger partial charge is 0.326 e. The first-order chi connectivity index (χ1) is 7.97. The van der Waals surface area contributed by atoms with E-state index >= 15 is 0 Å². The highest BCUT2D eigenvalue weighted by atomic mass is 15.2. The number of hydrogen-bond acceptors (Lipinski definition) is 2. The van der Waals surface area contributed by atoms with Crippen LogP contribution in [-0.2, 0) is 0 Å². The number of rotatable bonds is 1. The molecular weight excluding hydrogens is 208 g/mol. The maximum atomic E-state index is 6.44. The van der Waals surface area contributed by atoms with Gasteiger partial charge in [-0.2, -0.15) is 0 Å². The third-order valence-electron chi connectivity index (χ3n) is 4.79. The minimum Gasteiger partial charge on any atom is -0.326 e. The number of nitrogens with zero attached hydrogens (tertiary/aromatic N) is 1. The summed E-state index contributed by atoms with van der Waals surface area (Å²) in [5.74, 6) is 3.28. The van der Waals surface area contributed by atoms with Crippen molar-refractivity contribution in [2.45, 2.75) is 59.0 Å². The van der Waals surface area contributed by atoms with Gasteiger partial charge in [-0.15, -0.1) is 0 Å². The third-order valence-corrected chi connectivity index (χ3v) is 4.79. The molecule has 2 nitrogen and oxygen atoms in total. The predicted molar refractivity (Wildman–Crippen MR) is 73.8 cm³/mol. The highest BCUT2D eigenvalue weighted by molar-refractivity contribution is 4.94. The molecule has 6 atom stereocenters. The lowest BCUT2D eigenvalue weighted by atomic mass is 9.75. The van der Waals surface area contributed by atoms with Crippen LogP contribution in [0.2, 0.25) is 0 Å². The first-order valence-electron chi connectivity index (χ1n) is 7.47. The van der Waals surface area contributed by atoms with E-state index in [9.17, 15) is 0 Å². The van der Waals surface area contributed by atoms with Crippen LogP contribution in [-0.4, -0.2) is 30.1 Å². The SMILES string of the molecule is CC1CC(C)C(N2CC(C)CC(C)C2)C(N)C1. The van der Waals surface area contributed by atoms with E-state index in [1.54, 1.807) is 0 Å². The summed E-state index contributed by atoms with van der Waals surface area (Å²) in [6.07, 6.45) is 3.97. The Morgan fingerprint density at radius 2 is 1.41 bits per heavy atom. The third kappa shape index (κ3) is 3.03. The lowest BCUT2D eigenvalue weighted by Crippen LogP contribution is -2.58. The molecule has 2 aliphatic rings. The van der Waals surface area contributed by atoms with Crippen LogP contribution in [0.4, 0.5) is 0 Å². The molecule has 1 saturated carbocycles. The van der Waals surface area contributed by atoms with Gasteiger partial charge in [-0.3, -0.25) is 4.90 Å². The van der Waals surface area contributed by atoms with Crippen LogP contribution in [0.3, 0.4) is 0 Å². The first-order valence-corrected chi connectivity index (χ1v) is 7.47. The zero-order valence-electron chi connectivity index (χ0n) is 12.0. The van der Waals surface area contributed by atoms with Crippen LogP contribution >= 0.6 is 0 Å². The topological polar surface area (TPSA) is 29.3 Å². The molecule has 2 N–H and O–H groups in total. The Morgan fingerprint density at radius 1 is 0.824 bits per heavy atom. The summed E-state index contributed by atoms with van der Waals surface area (Å²) in [6, 6.07) is 1.03. The van der Waals surface area contributed by atoms with Gasteiger partial charge in [0.05, 0.1) is 0 Å². The summed E-state index contributed by atoms with van der Waals surface area (Å²) < 4.78 is 0. The van der Waals surface area contributed by atoms with E-state index in [-0.39, 0.29) is 0 Å². The van der Waals surface area contributed by atoms with E-state index in [4.69, 9.17) is 5.73 Å². The zero-order chi connectivity index (χ0) is 12.6. The lowest BCUT2D eigenvalue weighted by Gasteiger charge is -2.48. The first kappa shape index (κ1) is 13.4. The molecule has 2 heteroatoms. The van der Waals surface area contributed by atoms with Gasteiger partial charge in [0.1, 0.15) is 0 Å². The van der Waals surface area contributed by atoms with E-state index in [0.29, 0.717) is 12.1 Å². The van der Waals surface area contributed by atoms with E-state index in [1.165, 1.54) is 32.4 Å². The maximum absolute atomic E-state index is 6.44. The fourth-order valence-electron chi connectivity index (χ4n) is 4.48. The van der Waals surface area contributed by atoms with Crippen molar-refractivity contribution in [3.05, 3.63) is 0 Å². The van der Waals surface area contributed by atoms with E-state index in [2.05, 4.69) is 32.6 Å². The molecular formula is C15H30N2. The van der Waals surface area contributed by atoms with Crippen LogP contribution in [0, 0.1) is 23.7 Å². The summed E-state index contributed by atoms with van der Waals surface area (Å²) in [4.78, 5) is 2.71. The fourth-order valence-corrected chi connectivity index (χ4v) is 4.48. The van der Waals surface area contributed by atoms with E-state index < -0.39 is 0 Å². The van der Waals surface area contributed by atoms with Gasteiger partial charge in [0.25, 0.3) is 0 Å². The highest BCUT2D eigenvalue weighted by Gasteiger charge is 2.38. The minimum atomic E-state index is 0.395. The van der Waals surface area contributed by atoms with Crippen molar-refractivity contribution >= 4 is 0 Å². The Morgan fingerprint density at radius 3 is 1.94 bits per heavy atom. The molecule has 2 rings (SSSR count). The quantitative estimate of drug-likeness (QED) is 0.761. The van der Waals surface area contributed by atoms with Gasteiger partial charge in [0, 0.05) is 25.2 Å².